The van der Waals surface area contributed by atoms with Gasteiger partial charge in [0.2, 0.25) is 0 Å². The molecule has 0 fully saturated rings. The summed E-state index contributed by atoms with van der Waals surface area (Å²) in [5.74, 6) is -0.339. The Labute approximate surface area is 164 Å². The van der Waals surface area contributed by atoms with Crippen LogP contribution in [0.2, 0.25) is 0 Å². The van der Waals surface area contributed by atoms with Crippen LogP contribution in [0.1, 0.15) is 77.7 Å². The number of thiazole rings is 1. The van der Waals surface area contributed by atoms with Crippen LogP contribution in [0.25, 0.3) is 0 Å². The molecule has 0 spiro atoms. The van der Waals surface area contributed by atoms with E-state index in [9.17, 15) is 9.59 Å². The van der Waals surface area contributed by atoms with Crippen molar-refractivity contribution < 1.29 is 9.59 Å². The molecule has 5 nitrogen and oxygen atoms in total. The number of aryl methyl sites for hydroxylation is 2. The smallest absolute Gasteiger partial charge is 0.257 e. The van der Waals surface area contributed by atoms with Gasteiger partial charge in [0, 0.05) is 21.5 Å². The Balaban J connectivity index is 1.66. The number of rotatable bonds is 3. The highest BCUT2D eigenvalue weighted by Gasteiger charge is 2.17. The number of nitrogens with one attached hydrogen (secondary N) is 2. The largest absolute Gasteiger partial charge is 0.347 e. The van der Waals surface area contributed by atoms with E-state index >= 15 is 0 Å². The summed E-state index contributed by atoms with van der Waals surface area (Å²) in [6.07, 6.45) is 6.95. The summed E-state index contributed by atoms with van der Waals surface area (Å²) in [6, 6.07) is 6.71. The molecule has 2 aromatic rings. The molecule has 3 rings (SSSR count). The van der Waals surface area contributed by atoms with Crippen LogP contribution >= 0.6 is 11.3 Å². The molecule has 1 heterocycles. The zero-order valence-electron chi connectivity index (χ0n) is 16.2. The second-order valence-corrected chi connectivity index (χ2v) is 9.12. The van der Waals surface area contributed by atoms with E-state index in [2.05, 4.69) is 15.6 Å². The maximum absolute atomic E-state index is 12.5. The maximum atomic E-state index is 12.5. The van der Waals surface area contributed by atoms with Crippen molar-refractivity contribution >= 4 is 28.3 Å². The van der Waals surface area contributed by atoms with Gasteiger partial charge in [0.05, 0.1) is 5.69 Å². The molecule has 0 aliphatic heterocycles. The summed E-state index contributed by atoms with van der Waals surface area (Å²) in [4.78, 5) is 30.6. The first-order chi connectivity index (χ1) is 12.8. The Morgan fingerprint density at radius 1 is 0.926 bits per heavy atom. The van der Waals surface area contributed by atoms with E-state index in [4.69, 9.17) is 0 Å². The number of amides is 2. The molecule has 0 atom stereocenters. The lowest BCUT2D eigenvalue weighted by Gasteiger charge is -2.20. The van der Waals surface area contributed by atoms with Crippen molar-refractivity contribution in [3.63, 3.8) is 0 Å². The van der Waals surface area contributed by atoms with Crippen LogP contribution in [-0.4, -0.2) is 22.3 Å². The fraction of sp³-hybridized carbons (Fsp3) is 0.476. The van der Waals surface area contributed by atoms with Crippen molar-refractivity contribution in [1.82, 2.24) is 10.3 Å². The van der Waals surface area contributed by atoms with E-state index in [1.165, 1.54) is 30.6 Å². The third kappa shape index (κ3) is 5.39. The van der Waals surface area contributed by atoms with Gasteiger partial charge in [0.1, 0.15) is 0 Å². The predicted octanol–water partition coefficient (Wildman–Crippen LogP) is 4.58. The van der Waals surface area contributed by atoms with Gasteiger partial charge in [-0.15, -0.1) is 11.3 Å². The lowest BCUT2D eigenvalue weighted by molar-refractivity contribution is 0.0918. The Morgan fingerprint density at radius 3 is 2.15 bits per heavy atom. The zero-order chi connectivity index (χ0) is 19.4. The molecule has 1 aromatic heterocycles. The summed E-state index contributed by atoms with van der Waals surface area (Å²) in [5, 5.41) is 6.49. The van der Waals surface area contributed by atoms with E-state index in [-0.39, 0.29) is 17.4 Å². The number of nitrogens with zero attached hydrogens (tertiary/aromatic N) is 1. The summed E-state index contributed by atoms with van der Waals surface area (Å²) >= 11 is 1.59. The number of benzene rings is 1. The highest BCUT2D eigenvalue weighted by molar-refractivity contribution is 7.15. The summed E-state index contributed by atoms with van der Waals surface area (Å²) < 4.78 is 0. The van der Waals surface area contributed by atoms with Crippen molar-refractivity contribution in [3.05, 3.63) is 46.0 Å². The molecule has 0 bridgehead atoms. The molecule has 1 aromatic carbocycles. The Bertz CT molecular complexity index is 793. The SMILES string of the molecule is CC(C)(C)NC(=O)c1ccc(C(=O)Nc2nc3c(s2)CCCCCC3)cc1. The molecule has 27 heavy (non-hydrogen) atoms. The van der Waals surface area contributed by atoms with E-state index in [1.807, 2.05) is 20.8 Å². The van der Waals surface area contributed by atoms with E-state index < -0.39 is 0 Å². The van der Waals surface area contributed by atoms with E-state index in [0.717, 1.165) is 18.5 Å². The van der Waals surface area contributed by atoms with Crippen LogP contribution in [0.15, 0.2) is 24.3 Å². The Kier molecular flexibility index (Phi) is 5.95. The molecule has 2 amide bonds. The van der Waals surface area contributed by atoms with Gasteiger partial charge in [-0.2, -0.15) is 0 Å². The number of aromatic nitrogens is 1. The van der Waals surface area contributed by atoms with Crippen LogP contribution in [0.4, 0.5) is 5.13 Å². The van der Waals surface area contributed by atoms with Crippen molar-refractivity contribution in [1.29, 1.82) is 0 Å². The van der Waals surface area contributed by atoms with Gasteiger partial charge < -0.3 is 5.32 Å². The molecule has 0 radical (unpaired) electrons. The Morgan fingerprint density at radius 2 is 1.52 bits per heavy atom. The van der Waals surface area contributed by atoms with Crippen LogP contribution in [0.5, 0.6) is 0 Å². The first kappa shape index (κ1) is 19.5. The number of carbonyl (C=O) groups is 2. The van der Waals surface area contributed by atoms with Gasteiger partial charge in [-0.3, -0.25) is 14.9 Å². The molecule has 2 N–H and O–H groups in total. The van der Waals surface area contributed by atoms with Gasteiger partial charge in [-0.05, 0) is 70.7 Å². The molecule has 0 saturated heterocycles. The second-order valence-electron chi connectivity index (χ2n) is 8.04. The van der Waals surface area contributed by atoms with Gasteiger partial charge >= 0.3 is 0 Å². The van der Waals surface area contributed by atoms with Gasteiger partial charge in [-0.25, -0.2) is 4.98 Å². The Hall–Kier alpha value is -2.21. The summed E-state index contributed by atoms with van der Waals surface area (Å²) in [5.41, 5.74) is 1.90. The lowest BCUT2D eigenvalue weighted by atomic mass is 10.0. The van der Waals surface area contributed by atoms with Crippen LogP contribution in [0, 0.1) is 0 Å². The third-order valence-corrected chi connectivity index (χ3v) is 5.54. The standard InChI is InChI=1S/C21H27N3O2S/c1-21(2,3)24-19(26)15-12-10-14(11-13-15)18(25)23-20-22-16-8-6-4-5-7-9-17(16)27-20/h10-13H,4-9H2,1-3H3,(H,24,26)(H,22,23,25). The zero-order valence-corrected chi connectivity index (χ0v) is 17.0. The average Bonchev–Trinajstić information content (AvgIpc) is 2.94. The summed E-state index contributed by atoms with van der Waals surface area (Å²) in [7, 11) is 0. The van der Waals surface area contributed by atoms with Gasteiger partial charge in [0.25, 0.3) is 11.8 Å². The normalized spacial score (nSPS) is 14.6. The minimum absolute atomic E-state index is 0.144. The average molecular weight is 386 g/mol. The predicted molar refractivity (Wildman–Crippen MR) is 110 cm³/mol. The van der Waals surface area contributed by atoms with E-state index in [0.29, 0.717) is 16.3 Å². The highest BCUT2D eigenvalue weighted by Crippen LogP contribution is 2.28. The molecular formula is C21H27N3O2S. The fourth-order valence-electron chi connectivity index (χ4n) is 3.11. The summed E-state index contributed by atoms with van der Waals surface area (Å²) in [6.45, 7) is 5.80. The number of anilines is 1. The molecule has 0 unspecified atom stereocenters. The fourth-order valence-corrected chi connectivity index (χ4v) is 4.16. The second kappa shape index (κ2) is 8.21. The van der Waals surface area contributed by atoms with Crippen molar-refractivity contribution in [2.24, 2.45) is 0 Å². The third-order valence-electron chi connectivity index (χ3n) is 4.46. The van der Waals surface area contributed by atoms with Crippen LogP contribution in [-0.2, 0) is 12.8 Å². The molecule has 0 saturated carbocycles. The quantitative estimate of drug-likeness (QED) is 0.812. The lowest BCUT2D eigenvalue weighted by Crippen LogP contribution is -2.40. The monoisotopic (exact) mass is 385 g/mol. The number of fused-ring (bicyclic) bond motifs is 1. The minimum Gasteiger partial charge on any atom is -0.347 e. The number of hydrogen-bond acceptors (Lipinski definition) is 4. The van der Waals surface area contributed by atoms with Crippen LogP contribution in [0.3, 0.4) is 0 Å². The maximum Gasteiger partial charge on any atom is 0.257 e. The minimum atomic E-state index is -0.297. The molecular weight excluding hydrogens is 358 g/mol. The van der Waals surface area contributed by atoms with E-state index in [1.54, 1.807) is 35.6 Å². The topological polar surface area (TPSA) is 71.1 Å². The first-order valence-corrected chi connectivity index (χ1v) is 10.4. The highest BCUT2D eigenvalue weighted by atomic mass is 32.1. The molecule has 144 valence electrons. The van der Waals surface area contributed by atoms with Crippen molar-refractivity contribution in [3.8, 4) is 0 Å². The van der Waals surface area contributed by atoms with Crippen molar-refractivity contribution in [2.45, 2.75) is 64.8 Å². The molecule has 1 aliphatic carbocycles. The number of carbonyl (C=O) groups excluding carboxylic acids is 2. The first-order valence-electron chi connectivity index (χ1n) is 9.54. The van der Waals surface area contributed by atoms with Gasteiger partial charge in [0.15, 0.2) is 5.13 Å². The molecule has 1 aliphatic rings. The van der Waals surface area contributed by atoms with Crippen molar-refractivity contribution in [2.75, 3.05) is 5.32 Å². The molecule has 6 heteroatoms. The number of hydrogen-bond donors (Lipinski definition) is 2. The van der Waals surface area contributed by atoms with Gasteiger partial charge in [-0.1, -0.05) is 12.8 Å². The van der Waals surface area contributed by atoms with Crippen LogP contribution < -0.4 is 10.6 Å².